The molecule has 5 heteroatoms. The average molecular weight is 328 g/mol. The van der Waals surface area contributed by atoms with E-state index in [4.69, 9.17) is 0 Å². The first-order valence-electron chi connectivity index (χ1n) is 8.09. The van der Waals surface area contributed by atoms with Crippen LogP contribution in [0.15, 0.2) is 47.4 Å². The van der Waals surface area contributed by atoms with E-state index in [2.05, 4.69) is 4.98 Å². The molecule has 1 aromatic carbocycles. The van der Waals surface area contributed by atoms with Crippen LogP contribution in [0.2, 0.25) is 0 Å². The first-order valence-corrected chi connectivity index (χ1v) is 8.09. The molecule has 0 saturated carbocycles. The van der Waals surface area contributed by atoms with E-state index in [1.165, 1.54) is 12.3 Å². The van der Waals surface area contributed by atoms with Crippen molar-refractivity contribution >= 4 is 5.91 Å². The van der Waals surface area contributed by atoms with Gasteiger partial charge in [-0.2, -0.15) is 0 Å². The number of aryl methyl sites for hydroxylation is 1. The van der Waals surface area contributed by atoms with E-state index < -0.39 is 0 Å². The number of amides is 1. The lowest BCUT2D eigenvalue weighted by molar-refractivity contribution is 0.0480. The number of H-pyrrole nitrogens is 1. The fourth-order valence-corrected chi connectivity index (χ4v) is 2.68. The number of aliphatic hydroxyl groups is 1. The Hall–Kier alpha value is -2.40. The zero-order chi connectivity index (χ0) is 17.7. The normalized spacial score (nSPS) is 12.2. The number of aromatic amines is 1. The van der Waals surface area contributed by atoms with E-state index in [0.717, 1.165) is 5.56 Å². The minimum absolute atomic E-state index is 0.0622. The van der Waals surface area contributed by atoms with Crippen LogP contribution in [-0.4, -0.2) is 33.5 Å². The molecule has 0 aliphatic carbocycles. The van der Waals surface area contributed by atoms with Gasteiger partial charge in [0.25, 0.3) is 5.91 Å². The number of carbonyl (C=O) groups excluding carboxylic acids is 1. The van der Waals surface area contributed by atoms with Crippen molar-refractivity contribution in [1.29, 1.82) is 0 Å². The molecule has 2 rings (SSSR count). The third kappa shape index (κ3) is 4.11. The summed E-state index contributed by atoms with van der Waals surface area (Å²) >= 11 is 0. The lowest BCUT2D eigenvalue weighted by atomic mass is 10.0. The molecule has 1 aromatic heterocycles. The van der Waals surface area contributed by atoms with Gasteiger partial charge in [0, 0.05) is 24.5 Å². The molecular formula is C19H24N2O3. The topological polar surface area (TPSA) is 73.4 Å². The molecule has 0 radical (unpaired) electrons. The molecule has 2 aromatic rings. The first kappa shape index (κ1) is 17.9. The van der Waals surface area contributed by atoms with Crippen LogP contribution in [0.1, 0.15) is 35.5 Å². The second-order valence-electron chi connectivity index (χ2n) is 6.31. The van der Waals surface area contributed by atoms with Gasteiger partial charge in [0.1, 0.15) is 5.56 Å². The maximum Gasteiger partial charge on any atom is 0.259 e. The molecule has 1 atom stereocenters. The van der Waals surface area contributed by atoms with Gasteiger partial charge >= 0.3 is 0 Å². The lowest BCUT2D eigenvalue weighted by Gasteiger charge is -2.33. The molecule has 5 nitrogen and oxygen atoms in total. The third-order valence-electron chi connectivity index (χ3n) is 4.10. The van der Waals surface area contributed by atoms with E-state index >= 15 is 0 Å². The highest BCUT2D eigenvalue weighted by atomic mass is 16.3. The van der Waals surface area contributed by atoms with E-state index in [1.807, 2.05) is 44.2 Å². The predicted octanol–water partition coefficient (Wildman–Crippen LogP) is 2.34. The Labute approximate surface area is 142 Å². The largest absolute Gasteiger partial charge is 0.394 e. The van der Waals surface area contributed by atoms with Gasteiger partial charge in [0.15, 0.2) is 5.43 Å². The van der Waals surface area contributed by atoms with Crippen LogP contribution in [0, 0.1) is 12.8 Å². The fraction of sp³-hybridized carbons (Fsp3) is 0.368. The summed E-state index contributed by atoms with van der Waals surface area (Å²) in [5.74, 6) is -0.306. The fourth-order valence-electron chi connectivity index (χ4n) is 2.68. The van der Waals surface area contributed by atoms with Crippen molar-refractivity contribution in [2.75, 3.05) is 6.61 Å². The third-order valence-corrected chi connectivity index (χ3v) is 4.10. The zero-order valence-electron chi connectivity index (χ0n) is 14.3. The highest BCUT2D eigenvalue weighted by molar-refractivity contribution is 5.94. The Morgan fingerprint density at radius 1 is 1.25 bits per heavy atom. The van der Waals surface area contributed by atoms with E-state index in [1.54, 1.807) is 11.8 Å². The van der Waals surface area contributed by atoms with E-state index in [0.29, 0.717) is 12.2 Å². The monoisotopic (exact) mass is 328 g/mol. The zero-order valence-corrected chi connectivity index (χ0v) is 14.3. The van der Waals surface area contributed by atoms with Crippen LogP contribution >= 0.6 is 0 Å². The summed E-state index contributed by atoms with van der Waals surface area (Å²) in [7, 11) is 0. The summed E-state index contributed by atoms with van der Waals surface area (Å²) in [6.45, 7) is 5.86. The predicted molar refractivity (Wildman–Crippen MR) is 93.8 cm³/mol. The minimum atomic E-state index is -0.368. The maximum absolute atomic E-state index is 13.0. The molecular weight excluding hydrogens is 304 g/mol. The summed E-state index contributed by atoms with van der Waals surface area (Å²) in [6.07, 6.45) is 1.45. The smallest absolute Gasteiger partial charge is 0.259 e. The molecule has 0 aliphatic rings. The van der Waals surface area contributed by atoms with Crippen LogP contribution in [0.5, 0.6) is 0 Å². The number of hydrogen-bond donors (Lipinski definition) is 2. The van der Waals surface area contributed by atoms with Gasteiger partial charge in [-0.15, -0.1) is 0 Å². The molecule has 0 fully saturated rings. The van der Waals surface area contributed by atoms with Crippen molar-refractivity contribution < 1.29 is 9.90 Å². The summed E-state index contributed by atoms with van der Waals surface area (Å²) in [4.78, 5) is 29.7. The molecule has 0 bridgehead atoms. The SMILES string of the molecule is Cc1cc(=O)c(C(=O)N(Cc2ccccc2)[C@H](CO)C(C)C)c[nH]1. The number of benzene rings is 1. The molecule has 0 spiro atoms. The quantitative estimate of drug-likeness (QED) is 0.855. The summed E-state index contributed by atoms with van der Waals surface area (Å²) in [5, 5.41) is 9.77. The van der Waals surface area contributed by atoms with Crippen molar-refractivity contribution in [3.05, 3.63) is 69.6 Å². The Morgan fingerprint density at radius 3 is 2.46 bits per heavy atom. The second-order valence-corrected chi connectivity index (χ2v) is 6.31. The van der Waals surface area contributed by atoms with Crippen molar-refractivity contribution in [1.82, 2.24) is 9.88 Å². The van der Waals surface area contributed by atoms with Crippen LogP contribution < -0.4 is 5.43 Å². The number of pyridine rings is 1. The summed E-state index contributed by atoms with van der Waals surface area (Å²) in [5.41, 5.74) is 1.44. The van der Waals surface area contributed by atoms with Crippen molar-refractivity contribution in [2.24, 2.45) is 5.92 Å². The van der Waals surface area contributed by atoms with Crippen molar-refractivity contribution in [3.8, 4) is 0 Å². The van der Waals surface area contributed by atoms with Crippen LogP contribution in [0.3, 0.4) is 0 Å². The summed E-state index contributed by atoms with van der Waals surface area (Å²) in [6, 6.07) is 10.6. The highest BCUT2D eigenvalue weighted by Gasteiger charge is 2.28. The van der Waals surface area contributed by atoms with Crippen LogP contribution in [-0.2, 0) is 6.54 Å². The number of carbonyl (C=O) groups is 1. The lowest BCUT2D eigenvalue weighted by Crippen LogP contribution is -2.46. The molecule has 2 N–H and O–H groups in total. The standard InChI is InChI=1S/C19H24N2O3/c1-13(2)17(12-22)21(11-15-7-5-4-6-8-15)19(24)16-10-20-14(3)9-18(16)23/h4-10,13,17,22H,11-12H2,1-3H3,(H,20,23)/t17-/m1/s1. The van der Waals surface area contributed by atoms with Gasteiger partial charge in [0.05, 0.1) is 12.6 Å². The van der Waals surface area contributed by atoms with Gasteiger partial charge in [-0.05, 0) is 18.4 Å². The first-order chi connectivity index (χ1) is 11.4. The second kappa shape index (κ2) is 7.93. The Balaban J connectivity index is 2.40. The molecule has 0 saturated heterocycles. The van der Waals surface area contributed by atoms with Crippen LogP contribution in [0.4, 0.5) is 0 Å². The molecule has 128 valence electrons. The Kier molecular flexibility index (Phi) is 5.93. The number of hydrogen-bond acceptors (Lipinski definition) is 3. The molecule has 0 unspecified atom stereocenters. The van der Waals surface area contributed by atoms with E-state index in [9.17, 15) is 14.7 Å². The Bertz CT molecular complexity index is 738. The number of rotatable bonds is 6. The highest BCUT2D eigenvalue weighted by Crippen LogP contribution is 2.17. The minimum Gasteiger partial charge on any atom is -0.394 e. The van der Waals surface area contributed by atoms with Gasteiger partial charge in [-0.1, -0.05) is 44.2 Å². The van der Waals surface area contributed by atoms with Gasteiger partial charge in [-0.3, -0.25) is 9.59 Å². The van der Waals surface area contributed by atoms with Gasteiger partial charge < -0.3 is 15.0 Å². The summed E-state index contributed by atoms with van der Waals surface area (Å²) < 4.78 is 0. The van der Waals surface area contributed by atoms with Gasteiger partial charge in [-0.25, -0.2) is 0 Å². The Morgan fingerprint density at radius 2 is 1.92 bits per heavy atom. The molecule has 24 heavy (non-hydrogen) atoms. The number of aromatic nitrogens is 1. The molecule has 1 heterocycles. The maximum atomic E-state index is 13.0. The van der Waals surface area contributed by atoms with Crippen molar-refractivity contribution in [2.45, 2.75) is 33.4 Å². The number of nitrogens with one attached hydrogen (secondary N) is 1. The number of aliphatic hydroxyl groups excluding tert-OH is 1. The van der Waals surface area contributed by atoms with Crippen LogP contribution in [0.25, 0.3) is 0 Å². The average Bonchev–Trinajstić information content (AvgIpc) is 2.54. The van der Waals surface area contributed by atoms with Crippen molar-refractivity contribution in [3.63, 3.8) is 0 Å². The molecule has 0 aliphatic heterocycles. The van der Waals surface area contributed by atoms with Gasteiger partial charge in [0.2, 0.25) is 0 Å². The molecule has 1 amide bonds. The van der Waals surface area contributed by atoms with E-state index in [-0.39, 0.29) is 35.5 Å². The number of nitrogens with zero attached hydrogens (tertiary/aromatic N) is 1.